The summed E-state index contributed by atoms with van der Waals surface area (Å²) in [7, 11) is 0. The Bertz CT molecular complexity index is 32.7. The van der Waals surface area contributed by atoms with Gasteiger partial charge in [-0.25, -0.2) is 0 Å². The number of allylic oxidation sites excluding steroid dienone is 1. The van der Waals surface area contributed by atoms with E-state index in [2.05, 4.69) is 0 Å². The van der Waals surface area contributed by atoms with Crippen LogP contribution in [0.15, 0.2) is 5.57 Å². The molecule has 3 heteroatoms. The van der Waals surface area contributed by atoms with Crippen molar-refractivity contribution >= 4 is 0 Å². The van der Waals surface area contributed by atoms with E-state index in [9.17, 15) is 0 Å². The SMILES string of the molecule is [Br-].[Br-].[CH-]=C(C)C.[Mn+3]. The largest absolute Gasteiger partial charge is 3.00 e. The molecule has 0 aliphatic heterocycles. The van der Waals surface area contributed by atoms with E-state index in [0.29, 0.717) is 0 Å². The first kappa shape index (κ1) is 24.1. The molecule has 0 aromatic rings. The van der Waals surface area contributed by atoms with Crippen LogP contribution < -0.4 is 34.0 Å². The summed E-state index contributed by atoms with van der Waals surface area (Å²) in [6.07, 6.45) is 0. The van der Waals surface area contributed by atoms with Gasteiger partial charge in [0.05, 0.1) is 0 Å². The average molecular weight is 270 g/mol. The van der Waals surface area contributed by atoms with Gasteiger partial charge in [-0.3, -0.25) is 5.57 Å². The van der Waals surface area contributed by atoms with Crippen molar-refractivity contribution in [3.63, 3.8) is 0 Å². The molecule has 0 bridgehead atoms. The van der Waals surface area contributed by atoms with E-state index >= 15 is 0 Å². The van der Waals surface area contributed by atoms with Crippen molar-refractivity contribution < 1.29 is 51.0 Å². The Morgan fingerprint density at radius 3 is 1.14 bits per heavy atom. The molecule has 0 saturated carbocycles. The Morgan fingerprint density at radius 2 is 1.14 bits per heavy atom. The maximum atomic E-state index is 5.03. The van der Waals surface area contributed by atoms with Crippen LogP contribution in [0.25, 0.3) is 0 Å². The van der Waals surface area contributed by atoms with Gasteiger partial charge < -0.3 is 40.5 Å². The summed E-state index contributed by atoms with van der Waals surface area (Å²) in [6, 6.07) is 0. The zero-order chi connectivity index (χ0) is 3.58. The van der Waals surface area contributed by atoms with E-state index in [0.717, 1.165) is 5.57 Å². The van der Waals surface area contributed by atoms with Gasteiger partial charge in [-0.15, -0.1) is 0 Å². The molecular formula is C4H7Br2Mn. The Kier molecular flexibility index (Phi) is 53.9. The third kappa shape index (κ3) is 132. The summed E-state index contributed by atoms with van der Waals surface area (Å²) in [5.74, 6) is 0. The summed E-state index contributed by atoms with van der Waals surface area (Å²) >= 11 is 0. The van der Waals surface area contributed by atoms with Gasteiger partial charge in [0.15, 0.2) is 0 Å². The van der Waals surface area contributed by atoms with Gasteiger partial charge in [0.2, 0.25) is 0 Å². The minimum Gasteiger partial charge on any atom is -1.00 e. The van der Waals surface area contributed by atoms with Crippen molar-refractivity contribution in [2.24, 2.45) is 0 Å². The molecule has 0 N–H and O–H groups in total. The standard InChI is InChI=1S/C4H7.2BrH.Mn/c1-4(2)3;;;/h1H,2-3H3;2*1H;/q-1;;;+3/p-2. The Balaban J connectivity index is -0.0000000150. The van der Waals surface area contributed by atoms with Gasteiger partial charge in [-0.2, -0.15) is 0 Å². The number of hydrogen-bond acceptors (Lipinski definition) is 0. The molecule has 0 aliphatic rings. The van der Waals surface area contributed by atoms with Crippen molar-refractivity contribution in [3.05, 3.63) is 12.2 Å². The maximum absolute atomic E-state index is 5.03. The van der Waals surface area contributed by atoms with E-state index in [1.54, 1.807) is 0 Å². The fourth-order valence-corrected chi connectivity index (χ4v) is 0. The normalized spacial score (nSPS) is 3.71. The third-order valence-corrected chi connectivity index (χ3v) is 0. The van der Waals surface area contributed by atoms with E-state index in [-0.39, 0.29) is 51.0 Å². The van der Waals surface area contributed by atoms with Crippen LogP contribution in [-0.4, -0.2) is 0 Å². The van der Waals surface area contributed by atoms with Gasteiger partial charge in [0.1, 0.15) is 0 Å². The van der Waals surface area contributed by atoms with Crippen LogP contribution in [0.5, 0.6) is 0 Å². The second kappa shape index (κ2) is 15.7. The summed E-state index contributed by atoms with van der Waals surface area (Å²) in [5.41, 5.74) is 0.917. The minimum atomic E-state index is 0. The first-order valence-corrected chi connectivity index (χ1v) is 1.29. The second-order valence-corrected chi connectivity index (χ2v) is 1.08. The smallest absolute Gasteiger partial charge is 1.00 e. The van der Waals surface area contributed by atoms with Gasteiger partial charge in [0.25, 0.3) is 0 Å². The van der Waals surface area contributed by atoms with Crippen molar-refractivity contribution in [2.75, 3.05) is 0 Å². The quantitative estimate of drug-likeness (QED) is 0.307. The zero-order valence-corrected chi connectivity index (χ0v) is 8.56. The molecule has 0 atom stereocenters. The average Bonchev–Trinajstić information content (AvgIpc) is 0.811. The molecule has 0 fully saturated rings. The van der Waals surface area contributed by atoms with Crippen LogP contribution >= 0.6 is 0 Å². The summed E-state index contributed by atoms with van der Waals surface area (Å²) in [4.78, 5) is 0. The Morgan fingerprint density at radius 1 is 1.14 bits per heavy atom. The van der Waals surface area contributed by atoms with Gasteiger partial charge in [0, 0.05) is 0 Å². The van der Waals surface area contributed by atoms with Crippen molar-refractivity contribution in [3.8, 4) is 0 Å². The van der Waals surface area contributed by atoms with Crippen molar-refractivity contribution in [2.45, 2.75) is 13.8 Å². The van der Waals surface area contributed by atoms with Crippen LogP contribution in [0.1, 0.15) is 13.8 Å². The topological polar surface area (TPSA) is 0 Å². The van der Waals surface area contributed by atoms with Gasteiger partial charge in [-0.05, 0) is 0 Å². The minimum absolute atomic E-state index is 0. The zero-order valence-electron chi connectivity index (χ0n) is 4.21. The molecule has 44 valence electrons. The molecule has 0 amide bonds. The predicted molar refractivity (Wildman–Crippen MR) is 19.2 cm³/mol. The fourth-order valence-electron chi connectivity index (χ4n) is 0. The first-order chi connectivity index (χ1) is 1.73. The molecule has 0 heterocycles. The molecule has 0 aromatic carbocycles. The van der Waals surface area contributed by atoms with Crippen LogP contribution in [0.4, 0.5) is 0 Å². The van der Waals surface area contributed by atoms with Crippen molar-refractivity contribution in [1.82, 2.24) is 0 Å². The summed E-state index contributed by atoms with van der Waals surface area (Å²) in [6.45, 7) is 8.75. The Hall–Kier alpha value is 1.22. The second-order valence-electron chi connectivity index (χ2n) is 1.08. The molecule has 7 heavy (non-hydrogen) atoms. The molecule has 0 aliphatic carbocycles. The maximum Gasteiger partial charge on any atom is 3.00 e. The monoisotopic (exact) mass is 268 g/mol. The fraction of sp³-hybridized carbons (Fsp3) is 0.500. The summed E-state index contributed by atoms with van der Waals surface area (Å²) < 4.78 is 0. The molecule has 0 nitrogen and oxygen atoms in total. The van der Waals surface area contributed by atoms with E-state index in [1.807, 2.05) is 13.8 Å². The molecule has 0 spiro atoms. The van der Waals surface area contributed by atoms with Crippen LogP contribution in [0.3, 0.4) is 0 Å². The van der Waals surface area contributed by atoms with Crippen LogP contribution in [0, 0.1) is 6.58 Å². The van der Waals surface area contributed by atoms with E-state index in [1.165, 1.54) is 0 Å². The van der Waals surface area contributed by atoms with E-state index < -0.39 is 0 Å². The van der Waals surface area contributed by atoms with Crippen molar-refractivity contribution in [1.29, 1.82) is 0 Å². The van der Waals surface area contributed by atoms with Crippen LogP contribution in [-0.2, 0) is 17.1 Å². The molecular weight excluding hydrogens is 263 g/mol. The van der Waals surface area contributed by atoms with E-state index in [4.69, 9.17) is 6.58 Å². The number of halogens is 2. The first-order valence-electron chi connectivity index (χ1n) is 1.29. The number of rotatable bonds is 0. The molecule has 0 saturated heterocycles. The molecule has 0 unspecified atom stereocenters. The van der Waals surface area contributed by atoms with Crippen LogP contribution in [0.2, 0.25) is 0 Å². The molecule has 0 radical (unpaired) electrons. The number of hydrogen-bond donors (Lipinski definition) is 0. The Labute approximate surface area is 76.8 Å². The molecule has 0 rings (SSSR count). The molecule has 0 aromatic heterocycles. The predicted octanol–water partition coefficient (Wildman–Crippen LogP) is -4.61. The third-order valence-electron chi connectivity index (χ3n) is 0. The van der Waals surface area contributed by atoms with Gasteiger partial charge >= 0.3 is 17.1 Å². The summed E-state index contributed by atoms with van der Waals surface area (Å²) in [5, 5.41) is 0. The van der Waals surface area contributed by atoms with Gasteiger partial charge in [-0.1, -0.05) is 13.8 Å².